The second-order valence-electron chi connectivity index (χ2n) is 9.40. The van der Waals surface area contributed by atoms with Gasteiger partial charge >= 0.3 is 12.6 Å². The molecule has 0 aliphatic heterocycles. The van der Waals surface area contributed by atoms with E-state index < -0.39 is 18.7 Å². The van der Waals surface area contributed by atoms with Crippen LogP contribution in [0.25, 0.3) is 0 Å². The van der Waals surface area contributed by atoms with Gasteiger partial charge in [-0.3, -0.25) is 0 Å². The number of hydrogen-bond acceptors (Lipinski definition) is 8. The highest BCUT2D eigenvalue weighted by molar-refractivity contribution is 6.35. The Balaban J connectivity index is 0.00000484. The molecule has 0 spiro atoms. The number of benzene rings is 2. The molecule has 1 aliphatic rings. The Hall–Kier alpha value is -3.38. The van der Waals surface area contributed by atoms with Crippen molar-refractivity contribution in [3.8, 4) is 17.2 Å². The quantitative estimate of drug-likeness (QED) is 0.155. The van der Waals surface area contributed by atoms with Crippen LogP contribution < -0.4 is 24.5 Å². The number of nitrogens with one attached hydrogen (secondary N) is 2. The molecule has 1 heterocycles. The van der Waals surface area contributed by atoms with Crippen molar-refractivity contribution >= 4 is 34.9 Å². The van der Waals surface area contributed by atoms with Gasteiger partial charge in [0.1, 0.15) is 21.9 Å². The van der Waals surface area contributed by atoms with E-state index in [2.05, 4.69) is 15.0 Å². The van der Waals surface area contributed by atoms with E-state index in [0.29, 0.717) is 58.3 Å². The summed E-state index contributed by atoms with van der Waals surface area (Å²) in [7, 11) is 3.12. The Kier molecular flexibility index (Phi) is 12.4. The van der Waals surface area contributed by atoms with E-state index in [1.807, 2.05) is 0 Å². The second kappa shape index (κ2) is 15.7. The molecule has 1 aromatic heterocycles. The fourth-order valence-electron chi connectivity index (χ4n) is 4.07. The maximum atomic E-state index is 13.4. The van der Waals surface area contributed by atoms with E-state index in [-0.39, 0.29) is 29.0 Å². The number of anilines is 1. The zero-order valence-electron chi connectivity index (χ0n) is 23.0. The summed E-state index contributed by atoms with van der Waals surface area (Å²) >= 11 is 12.8. The maximum Gasteiger partial charge on any atom is 0.387 e. The summed E-state index contributed by atoms with van der Waals surface area (Å²) < 4.78 is 53.2. The predicted molar refractivity (Wildman–Crippen MR) is 151 cm³/mol. The number of aromatic amines is 1. The van der Waals surface area contributed by atoms with E-state index in [1.54, 1.807) is 49.8 Å². The van der Waals surface area contributed by atoms with E-state index >= 15 is 0 Å². The van der Waals surface area contributed by atoms with Crippen LogP contribution in [0.5, 0.6) is 17.2 Å². The van der Waals surface area contributed by atoms with Gasteiger partial charge in [-0.25, -0.2) is 9.78 Å². The minimum absolute atomic E-state index is 0. The Morgan fingerprint density at radius 3 is 2.40 bits per heavy atom. The Bertz CT molecular complexity index is 1330. The molecule has 9 nitrogen and oxygen atoms in total. The lowest BCUT2D eigenvalue weighted by Crippen LogP contribution is -2.16. The number of methoxy groups -OCH3 is 2. The molecule has 0 unspecified atom stereocenters. The molecule has 0 amide bonds. The summed E-state index contributed by atoms with van der Waals surface area (Å²) in [5, 5.41) is 3.86. The average molecular weight is 629 g/mol. The number of pyridine rings is 1. The van der Waals surface area contributed by atoms with Crippen LogP contribution in [0.4, 0.5) is 14.5 Å². The smallest absolute Gasteiger partial charge is 0.387 e. The molecule has 1 saturated carbocycles. The highest BCUT2D eigenvalue weighted by atomic mass is 35.5. The van der Waals surface area contributed by atoms with Gasteiger partial charge in [-0.1, -0.05) is 29.3 Å². The van der Waals surface area contributed by atoms with E-state index in [9.17, 15) is 13.6 Å². The number of esters is 1. The van der Waals surface area contributed by atoms with Crippen LogP contribution in [0.2, 0.25) is 10.0 Å². The first-order valence-electron chi connectivity index (χ1n) is 13.0. The fraction of sp³-hybridized carbons (Fsp3) is 0.379. The standard InChI is InChI=1S/C29H30Cl2F2N2O6.H2O/c1-37-10-9-35-23-11-19(6-7-24(23)38-2)28(36)40-26(13-20-21(30)14-34-15-22(20)31)18-5-8-25(41-29(32)33)27(12-18)39-16-17-3-4-17;/h5-8,11-12,14-15,17,26,29,35H,3-4,9-10,13,16H2,1-2H3;1H2/t26-;/m0./s1. The van der Waals surface area contributed by atoms with Crippen LogP contribution in [0.3, 0.4) is 0 Å². The number of ether oxygens (including phenoxy) is 5. The second-order valence-corrected chi connectivity index (χ2v) is 10.2. The third-order valence-electron chi connectivity index (χ3n) is 6.42. The highest BCUT2D eigenvalue weighted by Gasteiger charge is 2.27. The molecule has 42 heavy (non-hydrogen) atoms. The summed E-state index contributed by atoms with van der Waals surface area (Å²) in [6.45, 7) is -1.72. The van der Waals surface area contributed by atoms with Crippen LogP contribution >= 0.6 is 23.2 Å². The molecule has 1 fully saturated rings. The minimum atomic E-state index is -3.03. The van der Waals surface area contributed by atoms with E-state index in [4.69, 9.17) is 42.1 Å². The third kappa shape index (κ3) is 9.06. The van der Waals surface area contributed by atoms with Gasteiger partial charge in [-0.15, -0.1) is 0 Å². The van der Waals surface area contributed by atoms with Crippen molar-refractivity contribution in [2.24, 2.45) is 5.92 Å². The molecule has 13 heteroatoms. The molecular weight excluding hydrogens is 597 g/mol. The fourth-order valence-corrected chi connectivity index (χ4v) is 4.60. The number of carbonyl (C=O) groups is 1. The van der Waals surface area contributed by atoms with Gasteiger partial charge in [0.25, 0.3) is 0 Å². The predicted octanol–water partition coefficient (Wildman–Crippen LogP) is 6.23. The molecule has 0 radical (unpaired) electrons. The number of alkyl halides is 2. The summed E-state index contributed by atoms with van der Waals surface area (Å²) in [4.78, 5) is 16.3. The largest absolute Gasteiger partial charge is 0.870 e. The molecule has 228 valence electrons. The lowest BCUT2D eigenvalue weighted by molar-refractivity contribution is -0.377. The molecule has 3 aromatic rings. The Labute approximate surface area is 252 Å². The van der Waals surface area contributed by atoms with Crippen molar-refractivity contribution in [2.75, 3.05) is 39.3 Å². The molecule has 2 aromatic carbocycles. The van der Waals surface area contributed by atoms with Crippen LogP contribution in [-0.4, -0.2) is 52.0 Å². The van der Waals surface area contributed by atoms with Gasteiger partial charge in [-0.05, 0) is 54.7 Å². The molecule has 1 atom stereocenters. The minimum Gasteiger partial charge on any atom is -0.870 e. The van der Waals surface area contributed by atoms with E-state index in [0.717, 1.165) is 12.8 Å². The van der Waals surface area contributed by atoms with Crippen LogP contribution in [0.1, 0.15) is 40.4 Å². The van der Waals surface area contributed by atoms with Crippen LogP contribution in [0.15, 0.2) is 48.8 Å². The number of halogens is 4. The number of H-pyrrole nitrogens is 1. The topological polar surface area (TPSA) is 119 Å². The van der Waals surface area contributed by atoms with Crippen molar-refractivity contribution in [3.63, 3.8) is 0 Å². The van der Waals surface area contributed by atoms with Crippen LogP contribution in [-0.2, 0) is 15.9 Å². The normalized spacial score (nSPS) is 13.2. The number of aromatic nitrogens is 1. The third-order valence-corrected chi connectivity index (χ3v) is 7.09. The van der Waals surface area contributed by atoms with Crippen LogP contribution in [0, 0.1) is 5.92 Å². The molecular formula is C29H32Cl2F2N2O7. The van der Waals surface area contributed by atoms with Crippen molar-refractivity contribution in [3.05, 3.63) is 75.5 Å². The first-order valence-corrected chi connectivity index (χ1v) is 13.7. The van der Waals surface area contributed by atoms with Gasteiger partial charge in [0, 0.05) is 25.6 Å². The number of hydrogen-bond donors (Lipinski definition) is 1. The summed E-state index contributed by atoms with van der Waals surface area (Å²) in [5.41, 5.74) is 1.87. The number of carbonyl (C=O) groups excluding carboxylic acids is 1. The van der Waals surface area contributed by atoms with E-state index in [1.165, 1.54) is 13.2 Å². The lowest BCUT2D eigenvalue weighted by atomic mass is 10.0. The Morgan fingerprint density at radius 2 is 1.76 bits per heavy atom. The first kappa shape index (κ1) is 33.1. The molecule has 3 N–H and O–H groups in total. The van der Waals surface area contributed by atoms with Crippen molar-refractivity contribution in [1.29, 1.82) is 0 Å². The average Bonchev–Trinajstić information content (AvgIpc) is 3.78. The lowest BCUT2D eigenvalue weighted by Gasteiger charge is -2.21. The van der Waals surface area contributed by atoms with Gasteiger partial charge in [0.15, 0.2) is 23.9 Å². The van der Waals surface area contributed by atoms with Crippen molar-refractivity contribution in [2.45, 2.75) is 32.0 Å². The van der Waals surface area contributed by atoms with Gasteiger partial charge < -0.3 is 34.5 Å². The van der Waals surface area contributed by atoms with Crippen molar-refractivity contribution in [1.82, 2.24) is 0 Å². The Morgan fingerprint density at radius 1 is 1.05 bits per heavy atom. The summed E-state index contributed by atoms with van der Waals surface area (Å²) in [6, 6.07) is 9.32. The zero-order chi connectivity index (χ0) is 29.4. The molecule has 4 rings (SSSR count). The SMILES string of the molecule is COCCNc1cc(C(=O)O[C@@H](Cc2c(Cl)c[nH+]cc2Cl)c2ccc(OC(F)F)c(OCC3CC3)c2)ccc1OC.[OH-]. The molecule has 0 saturated heterocycles. The number of rotatable bonds is 15. The highest BCUT2D eigenvalue weighted by Crippen LogP contribution is 2.38. The summed E-state index contributed by atoms with van der Waals surface area (Å²) in [5.74, 6) is 0.299. The monoisotopic (exact) mass is 628 g/mol. The van der Waals surface area contributed by atoms with Gasteiger partial charge in [0.05, 0.1) is 31.6 Å². The van der Waals surface area contributed by atoms with Gasteiger partial charge in [-0.2, -0.15) is 8.78 Å². The first-order chi connectivity index (χ1) is 19.8. The van der Waals surface area contributed by atoms with Gasteiger partial charge in [0.2, 0.25) is 0 Å². The summed E-state index contributed by atoms with van der Waals surface area (Å²) in [6.07, 6.45) is 4.34. The molecule has 0 bridgehead atoms. The maximum absolute atomic E-state index is 13.4. The zero-order valence-corrected chi connectivity index (χ0v) is 24.5. The van der Waals surface area contributed by atoms with Crippen molar-refractivity contribution < 1.29 is 47.7 Å². The molecule has 1 aliphatic carbocycles.